The molecule has 0 saturated heterocycles. The van der Waals surface area contributed by atoms with Crippen molar-refractivity contribution in [3.05, 3.63) is 162 Å². The van der Waals surface area contributed by atoms with Crippen molar-refractivity contribution in [1.29, 1.82) is 0 Å². The quantitative estimate of drug-likeness (QED) is 0.170. The van der Waals surface area contributed by atoms with E-state index in [9.17, 15) is 14.7 Å². The Morgan fingerprint density at radius 2 is 1.02 bits per heavy atom. The van der Waals surface area contributed by atoms with Crippen molar-refractivity contribution in [3.63, 3.8) is 0 Å². The number of nitrogens with zero attached hydrogens (tertiary/aromatic N) is 1. The summed E-state index contributed by atoms with van der Waals surface area (Å²) in [5, 5.41) is 16.8. The third kappa shape index (κ3) is 4.24. The monoisotopic (exact) mass is 567 g/mol. The number of ketones is 2. The first-order valence-electron chi connectivity index (χ1n) is 14.5. The molecule has 0 heterocycles. The lowest BCUT2D eigenvalue weighted by Gasteiger charge is -2.26. The number of fused-ring (bicyclic) bond motifs is 4. The fourth-order valence-electron chi connectivity index (χ4n) is 6.22. The predicted molar refractivity (Wildman–Crippen MR) is 178 cm³/mol. The normalized spacial score (nSPS) is 12.7. The van der Waals surface area contributed by atoms with Gasteiger partial charge in [0.05, 0.1) is 5.57 Å². The van der Waals surface area contributed by atoms with Crippen LogP contribution in [0.3, 0.4) is 0 Å². The standard InChI is InChI=1S/C40H25NO3/c42-38-20-25(19-37-39(43)35-22-28-10-6-7-11-29(28)23-36(35)40(37)44)18-30-15-17-33(24-34(30)38)41(31-12-2-1-3-13-31)32-16-14-26-8-4-5-9-27(26)21-32/h1-24,42H. The molecular weight excluding hydrogens is 542 g/mol. The summed E-state index contributed by atoms with van der Waals surface area (Å²) < 4.78 is 0. The van der Waals surface area contributed by atoms with Crippen molar-refractivity contribution in [2.24, 2.45) is 0 Å². The maximum Gasteiger partial charge on any atom is 0.197 e. The minimum absolute atomic E-state index is 0.0730. The molecule has 0 bridgehead atoms. The van der Waals surface area contributed by atoms with Crippen molar-refractivity contribution >= 4 is 67.0 Å². The molecule has 7 aromatic rings. The Bertz CT molecular complexity index is 2280. The van der Waals surface area contributed by atoms with Gasteiger partial charge < -0.3 is 10.0 Å². The molecule has 44 heavy (non-hydrogen) atoms. The number of phenolic OH excluding ortho intramolecular Hbond substituents is 1. The lowest BCUT2D eigenvalue weighted by molar-refractivity contribution is 0.0990. The fraction of sp³-hybridized carbons (Fsp3) is 0. The third-order valence-corrected chi connectivity index (χ3v) is 8.38. The van der Waals surface area contributed by atoms with Gasteiger partial charge in [-0.1, -0.05) is 78.9 Å². The van der Waals surface area contributed by atoms with Crippen LogP contribution in [0.2, 0.25) is 0 Å². The lowest BCUT2D eigenvalue weighted by Crippen LogP contribution is -2.09. The van der Waals surface area contributed by atoms with Crippen LogP contribution in [0.4, 0.5) is 17.1 Å². The van der Waals surface area contributed by atoms with E-state index >= 15 is 0 Å². The summed E-state index contributed by atoms with van der Waals surface area (Å²) in [6, 6.07) is 45.5. The minimum atomic E-state index is -0.292. The zero-order valence-electron chi connectivity index (χ0n) is 23.6. The smallest absolute Gasteiger partial charge is 0.197 e. The zero-order chi connectivity index (χ0) is 29.8. The van der Waals surface area contributed by atoms with Gasteiger partial charge in [-0.15, -0.1) is 0 Å². The Morgan fingerprint density at radius 3 is 1.68 bits per heavy atom. The summed E-state index contributed by atoms with van der Waals surface area (Å²) in [4.78, 5) is 28.8. The highest BCUT2D eigenvalue weighted by atomic mass is 16.3. The number of para-hydroxylation sites is 1. The Labute approximate surface area is 253 Å². The van der Waals surface area contributed by atoms with Gasteiger partial charge in [0, 0.05) is 33.6 Å². The van der Waals surface area contributed by atoms with Gasteiger partial charge in [-0.05, 0) is 99.2 Å². The molecule has 0 unspecified atom stereocenters. The Kier molecular flexibility index (Phi) is 5.88. The number of Topliss-reactive ketones (excluding diaryl/α,β-unsaturated/α-hetero) is 2. The molecule has 0 fully saturated rings. The van der Waals surface area contributed by atoms with Crippen LogP contribution in [0, 0.1) is 0 Å². The molecular formula is C40H25NO3. The van der Waals surface area contributed by atoms with Crippen molar-refractivity contribution in [1.82, 2.24) is 0 Å². The topological polar surface area (TPSA) is 57.6 Å². The molecule has 1 aliphatic carbocycles. The number of carbonyl (C=O) groups excluding carboxylic acids is 2. The molecule has 1 aliphatic rings. The number of aromatic hydroxyl groups is 1. The molecule has 4 heteroatoms. The Balaban J connectivity index is 1.20. The largest absolute Gasteiger partial charge is 0.507 e. The molecule has 4 nitrogen and oxygen atoms in total. The molecule has 7 aromatic carbocycles. The number of hydrogen-bond donors (Lipinski definition) is 1. The zero-order valence-corrected chi connectivity index (χ0v) is 23.6. The molecule has 0 spiro atoms. The van der Waals surface area contributed by atoms with Crippen LogP contribution < -0.4 is 4.90 Å². The second-order valence-corrected chi connectivity index (χ2v) is 11.1. The summed E-state index contributed by atoms with van der Waals surface area (Å²) in [6.07, 6.45) is 1.59. The van der Waals surface area contributed by atoms with E-state index in [4.69, 9.17) is 0 Å². The van der Waals surface area contributed by atoms with Crippen LogP contribution in [-0.4, -0.2) is 16.7 Å². The number of carbonyl (C=O) groups is 2. The summed E-state index contributed by atoms with van der Waals surface area (Å²) >= 11 is 0. The van der Waals surface area contributed by atoms with Gasteiger partial charge in [-0.3, -0.25) is 9.59 Å². The van der Waals surface area contributed by atoms with Crippen molar-refractivity contribution in [2.45, 2.75) is 0 Å². The molecule has 208 valence electrons. The summed E-state index contributed by atoms with van der Waals surface area (Å²) in [6.45, 7) is 0. The van der Waals surface area contributed by atoms with Crippen LogP contribution in [0.15, 0.2) is 145 Å². The number of phenols is 1. The lowest BCUT2D eigenvalue weighted by atomic mass is 10.0. The van der Waals surface area contributed by atoms with Gasteiger partial charge in [0.25, 0.3) is 0 Å². The Hall–Kier alpha value is -6.00. The van der Waals surface area contributed by atoms with Gasteiger partial charge in [0.1, 0.15) is 5.75 Å². The van der Waals surface area contributed by atoms with Gasteiger partial charge in [0.2, 0.25) is 0 Å². The minimum Gasteiger partial charge on any atom is -0.507 e. The van der Waals surface area contributed by atoms with Crippen molar-refractivity contribution < 1.29 is 14.7 Å². The summed E-state index contributed by atoms with van der Waals surface area (Å²) in [5.41, 5.74) is 4.43. The Morgan fingerprint density at radius 1 is 0.477 bits per heavy atom. The number of rotatable bonds is 4. The molecule has 8 rings (SSSR count). The van der Waals surface area contributed by atoms with Gasteiger partial charge in [-0.2, -0.15) is 0 Å². The fourth-order valence-corrected chi connectivity index (χ4v) is 6.22. The molecule has 0 aromatic heterocycles. The predicted octanol–water partition coefficient (Wildman–Crippen LogP) is 9.78. The van der Waals surface area contributed by atoms with Crippen molar-refractivity contribution in [2.75, 3.05) is 4.90 Å². The second-order valence-electron chi connectivity index (χ2n) is 11.1. The maximum absolute atomic E-state index is 13.3. The summed E-state index contributed by atoms with van der Waals surface area (Å²) in [5.74, 6) is -0.511. The van der Waals surface area contributed by atoms with E-state index in [1.165, 1.54) is 0 Å². The first-order valence-corrected chi connectivity index (χ1v) is 14.5. The van der Waals surface area contributed by atoms with Crippen LogP contribution >= 0.6 is 0 Å². The summed E-state index contributed by atoms with van der Waals surface area (Å²) in [7, 11) is 0. The van der Waals surface area contributed by atoms with E-state index in [1.54, 1.807) is 24.3 Å². The average molecular weight is 568 g/mol. The molecule has 0 radical (unpaired) electrons. The highest BCUT2D eigenvalue weighted by Gasteiger charge is 2.33. The molecule has 1 N–H and O–H groups in total. The van der Waals surface area contributed by atoms with Crippen LogP contribution in [0.25, 0.3) is 38.4 Å². The third-order valence-electron chi connectivity index (χ3n) is 8.38. The first kappa shape index (κ1) is 25.7. The molecule has 0 atom stereocenters. The van der Waals surface area contributed by atoms with Crippen LogP contribution in [-0.2, 0) is 0 Å². The number of anilines is 3. The van der Waals surface area contributed by atoms with Crippen LogP contribution in [0.1, 0.15) is 26.3 Å². The van der Waals surface area contributed by atoms with E-state index in [0.717, 1.165) is 44.0 Å². The van der Waals surface area contributed by atoms with E-state index in [-0.39, 0.29) is 22.9 Å². The highest BCUT2D eigenvalue weighted by Crippen LogP contribution is 2.40. The molecule has 0 amide bonds. The van der Waals surface area contributed by atoms with E-state index in [2.05, 4.69) is 47.4 Å². The number of allylic oxidation sites excluding steroid dienone is 1. The molecule has 0 saturated carbocycles. The van der Waals surface area contributed by atoms with Crippen LogP contribution in [0.5, 0.6) is 5.75 Å². The second kappa shape index (κ2) is 10.1. The average Bonchev–Trinajstić information content (AvgIpc) is 3.28. The number of hydrogen-bond acceptors (Lipinski definition) is 4. The highest BCUT2D eigenvalue weighted by molar-refractivity contribution is 6.42. The molecule has 0 aliphatic heterocycles. The number of benzene rings is 7. The van der Waals surface area contributed by atoms with Crippen molar-refractivity contribution in [3.8, 4) is 5.75 Å². The van der Waals surface area contributed by atoms with E-state index in [1.807, 2.05) is 78.9 Å². The SMILES string of the molecule is O=C1C(=Cc2cc(O)c3cc(N(c4ccccc4)c4ccc5ccccc5c4)ccc3c2)C(=O)c2cc3ccccc3cc21. The van der Waals surface area contributed by atoms with E-state index < -0.39 is 0 Å². The van der Waals surface area contributed by atoms with Gasteiger partial charge in [0.15, 0.2) is 11.6 Å². The van der Waals surface area contributed by atoms with E-state index in [0.29, 0.717) is 22.1 Å². The van der Waals surface area contributed by atoms with Gasteiger partial charge >= 0.3 is 0 Å². The maximum atomic E-state index is 13.3. The first-order chi connectivity index (χ1) is 21.5. The van der Waals surface area contributed by atoms with Gasteiger partial charge in [-0.25, -0.2) is 0 Å².